The van der Waals surface area contributed by atoms with Crippen molar-refractivity contribution in [1.29, 1.82) is 0 Å². The van der Waals surface area contributed by atoms with Gasteiger partial charge in [0.1, 0.15) is 5.75 Å². The van der Waals surface area contributed by atoms with Crippen molar-refractivity contribution in [2.24, 2.45) is 11.7 Å². The average molecular weight is 262 g/mol. The summed E-state index contributed by atoms with van der Waals surface area (Å²) in [5.74, 6) is 0.795. The van der Waals surface area contributed by atoms with E-state index >= 15 is 0 Å². The number of rotatable bonds is 2. The Balaban J connectivity index is 2.03. The third kappa shape index (κ3) is 3.07. The van der Waals surface area contributed by atoms with Crippen molar-refractivity contribution in [3.8, 4) is 5.75 Å². The summed E-state index contributed by atoms with van der Waals surface area (Å²) in [6, 6.07) is 5.21. The van der Waals surface area contributed by atoms with E-state index in [4.69, 9.17) is 5.73 Å². The van der Waals surface area contributed by atoms with E-state index in [1.165, 1.54) is 0 Å². The molecule has 1 aliphatic rings. The Hall–Kier alpha value is -1.55. The maximum atomic E-state index is 12.4. The summed E-state index contributed by atoms with van der Waals surface area (Å²) in [6.07, 6.45) is 1.95. The van der Waals surface area contributed by atoms with Gasteiger partial charge in [0.25, 0.3) is 5.91 Å². The van der Waals surface area contributed by atoms with E-state index in [1.54, 1.807) is 25.1 Å². The van der Waals surface area contributed by atoms with Crippen LogP contribution in [-0.2, 0) is 0 Å². The molecule has 1 unspecified atom stereocenters. The third-order valence-corrected chi connectivity index (χ3v) is 4.01. The van der Waals surface area contributed by atoms with E-state index in [-0.39, 0.29) is 17.7 Å². The summed E-state index contributed by atoms with van der Waals surface area (Å²) >= 11 is 0. The minimum atomic E-state index is 0.0474. The van der Waals surface area contributed by atoms with E-state index in [2.05, 4.69) is 0 Å². The van der Waals surface area contributed by atoms with Gasteiger partial charge in [0.2, 0.25) is 0 Å². The lowest BCUT2D eigenvalue weighted by Crippen LogP contribution is -2.42. The van der Waals surface area contributed by atoms with Crippen molar-refractivity contribution < 1.29 is 9.90 Å². The SMILES string of the molecule is Cc1cc(C(=O)N2CCC(C(C)N)CC2)ccc1O. The predicted molar refractivity (Wildman–Crippen MR) is 75.1 cm³/mol. The van der Waals surface area contributed by atoms with E-state index in [0.717, 1.165) is 31.5 Å². The van der Waals surface area contributed by atoms with E-state index in [0.29, 0.717) is 11.5 Å². The molecule has 1 aromatic carbocycles. The quantitative estimate of drug-likeness (QED) is 0.855. The number of hydrogen-bond acceptors (Lipinski definition) is 3. The molecule has 0 aromatic heterocycles. The number of carbonyl (C=O) groups excluding carboxylic acids is 1. The third-order valence-electron chi connectivity index (χ3n) is 4.01. The summed E-state index contributed by atoms with van der Waals surface area (Å²) in [5.41, 5.74) is 7.29. The van der Waals surface area contributed by atoms with Crippen LogP contribution in [0.25, 0.3) is 0 Å². The minimum Gasteiger partial charge on any atom is -0.508 e. The Bertz CT molecular complexity index is 463. The molecule has 1 heterocycles. The number of phenolic OH excluding ortho intramolecular Hbond substituents is 1. The van der Waals surface area contributed by atoms with Gasteiger partial charge < -0.3 is 15.7 Å². The molecule has 0 aliphatic carbocycles. The molecule has 1 atom stereocenters. The number of nitrogens with zero attached hydrogens (tertiary/aromatic N) is 1. The summed E-state index contributed by atoms with van der Waals surface area (Å²) in [5, 5.41) is 9.49. The standard InChI is InChI=1S/C15H22N2O2/c1-10-9-13(3-4-14(10)18)15(19)17-7-5-12(6-8-17)11(2)16/h3-4,9,11-12,18H,5-8,16H2,1-2H3. The van der Waals surface area contributed by atoms with Crippen LogP contribution in [0.4, 0.5) is 0 Å². The van der Waals surface area contributed by atoms with Crippen LogP contribution in [0.2, 0.25) is 0 Å². The number of benzene rings is 1. The first-order valence-electron chi connectivity index (χ1n) is 6.83. The van der Waals surface area contributed by atoms with Crippen molar-refractivity contribution in [2.75, 3.05) is 13.1 Å². The molecular formula is C15H22N2O2. The van der Waals surface area contributed by atoms with Gasteiger partial charge in [-0.05, 0) is 56.4 Å². The lowest BCUT2D eigenvalue weighted by molar-refractivity contribution is 0.0681. The first-order valence-corrected chi connectivity index (χ1v) is 6.83. The first-order chi connectivity index (χ1) is 8.99. The fraction of sp³-hybridized carbons (Fsp3) is 0.533. The van der Waals surface area contributed by atoms with Gasteiger partial charge in [-0.3, -0.25) is 4.79 Å². The maximum absolute atomic E-state index is 12.4. The molecule has 0 spiro atoms. The van der Waals surface area contributed by atoms with Crippen LogP contribution in [0, 0.1) is 12.8 Å². The largest absolute Gasteiger partial charge is 0.508 e. The minimum absolute atomic E-state index is 0.0474. The summed E-state index contributed by atoms with van der Waals surface area (Å²) in [4.78, 5) is 14.2. The van der Waals surface area contributed by atoms with Crippen LogP contribution < -0.4 is 5.73 Å². The number of nitrogens with two attached hydrogens (primary N) is 1. The van der Waals surface area contributed by atoms with Gasteiger partial charge in [-0.2, -0.15) is 0 Å². The highest BCUT2D eigenvalue weighted by molar-refractivity contribution is 5.94. The second-order valence-electron chi connectivity index (χ2n) is 5.49. The van der Waals surface area contributed by atoms with Crippen LogP contribution in [0.5, 0.6) is 5.75 Å². The number of aryl methyl sites for hydroxylation is 1. The summed E-state index contributed by atoms with van der Waals surface area (Å²) < 4.78 is 0. The van der Waals surface area contributed by atoms with Crippen LogP contribution >= 0.6 is 0 Å². The zero-order valence-corrected chi connectivity index (χ0v) is 11.6. The molecule has 1 amide bonds. The number of hydrogen-bond donors (Lipinski definition) is 2. The van der Waals surface area contributed by atoms with Crippen molar-refractivity contribution in [3.05, 3.63) is 29.3 Å². The predicted octanol–water partition coefficient (Wildman–Crippen LogP) is 1.90. The Labute approximate surface area is 114 Å². The normalized spacial score (nSPS) is 18.4. The molecule has 1 saturated heterocycles. The Morgan fingerprint density at radius 3 is 2.58 bits per heavy atom. The monoisotopic (exact) mass is 262 g/mol. The van der Waals surface area contributed by atoms with Gasteiger partial charge in [0, 0.05) is 24.7 Å². The van der Waals surface area contributed by atoms with E-state index in [9.17, 15) is 9.90 Å². The molecule has 0 bridgehead atoms. The highest BCUT2D eigenvalue weighted by atomic mass is 16.3. The number of aromatic hydroxyl groups is 1. The number of piperidine rings is 1. The number of likely N-dealkylation sites (tertiary alicyclic amines) is 1. The Morgan fingerprint density at radius 2 is 2.05 bits per heavy atom. The van der Waals surface area contributed by atoms with Gasteiger partial charge in [0.05, 0.1) is 0 Å². The molecule has 104 valence electrons. The van der Waals surface area contributed by atoms with Crippen LogP contribution in [0.3, 0.4) is 0 Å². The molecule has 0 radical (unpaired) electrons. The summed E-state index contributed by atoms with van der Waals surface area (Å²) in [6.45, 7) is 5.37. The molecular weight excluding hydrogens is 240 g/mol. The molecule has 4 nitrogen and oxygen atoms in total. The second-order valence-corrected chi connectivity index (χ2v) is 5.49. The number of phenols is 1. The van der Waals surface area contributed by atoms with Crippen molar-refractivity contribution in [1.82, 2.24) is 4.90 Å². The molecule has 4 heteroatoms. The zero-order valence-electron chi connectivity index (χ0n) is 11.6. The zero-order chi connectivity index (χ0) is 14.0. The molecule has 1 fully saturated rings. The van der Waals surface area contributed by atoms with Crippen LogP contribution in [0.15, 0.2) is 18.2 Å². The van der Waals surface area contributed by atoms with Crippen molar-refractivity contribution in [3.63, 3.8) is 0 Å². The summed E-state index contributed by atoms with van der Waals surface area (Å²) in [7, 11) is 0. The van der Waals surface area contributed by atoms with E-state index < -0.39 is 0 Å². The molecule has 1 aliphatic heterocycles. The van der Waals surface area contributed by atoms with Gasteiger partial charge >= 0.3 is 0 Å². The maximum Gasteiger partial charge on any atom is 0.253 e. The lowest BCUT2D eigenvalue weighted by Gasteiger charge is -2.33. The van der Waals surface area contributed by atoms with Crippen molar-refractivity contribution in [2.45, 2.75) is 32.7 Å². The Kier molecular flexibility index (Phi) is 4.10. The number of carbonyl (C=O) groups is 1. The van der Waals surface area contributed by atoms with Gasteiger partial charge in [-0.1, -0.05) is 0 Å². The van der Waals surface area contributed by atoms with Crippen molar-refractivity contribution >= 4 is 5.91 Å². The van der Waals surface area contributed by atoms with Gasteiger partial charge in [-0.25, -0.2) is 0 Å². The fourth-order valence-corrected chi connectivity index (χ4v) is 2.60. The highest BCUT2D eigenvalue weighted by Gasteiger charge is 2.25. The van der Waals surface area contributed by atoms with Gasteiger partial charge in [-0.15, -0.1) is 0 Å². The molecule has 3 N–H and O–H groups in total. The number of amides is 1. The average Bonchev–Trinajstić information content (AvgIpc) is 2.41. The van der Waals surface area contributed by atoms with Crippen LogP contribution in [0.1, 0.15) is 35.7 Å². The highest BCUT2D eigenvalue weighted by Crippen LogP contribution is 2.23. The topological polar surface area (TPSA) is 66.6 Å². The van der Waals surface area contributed by atoms with E-state index in [1.807, 2.05) is 11.8 Å². The first kappa shape index (κ1) is 13.9. The Morgan fingerprint density at radius 1 is 1.42 bits per heavy atom. The lowest BCUT2D eigenvalue weighted by atomic mass is 9.90. The molecule has 1 aromatic rings. The second kappa shape index (κ2) is 5.61. The van der Waals surface area contributed by atoms with Gasteiger partial charge in [0.15, 0.2) is 0 Å². The smallest absolute Gasteiger partial charge is 0.253 e. The fourth-order valence-electron chi connectivity index (χ4n) is 2.60. The van der Waals surface area contributed by atoms with Crippen LogP contribution in [-0.4, -0.2) is 35.0 Å². The molecule has 0 saturated carbocycles. The molecule has 19 heavy (non-hydrogen) atoms. The molecule has 2 rings (SSSR count).